The number of fused-ring (bicyclic) bond motifs is 2. The van der Waals surface area contributed by atoms with Gasteiger partial charge in [-0.3, -0.25) is 4.31 Å². The largest absolute Gasteiger partial charge is 0.498 e. The van der Waals surface area contributed by atoms with Crippen LogP contribution in [0.4, 0.5) is 5.69 Å². The van der Waals surface area contributed by atoms with Crippen LogP contribution in [-0.4, -0.2) is 28.6 Å². The first-order valence-corrected chi connectivity index (χ1v) is 14.5. The number of halogens is 1. The maximum atomic E-state index is 13.3. The molecule has 1 unspecified atom stereocenters. The highest BCUT2D eigenvalue weighted by Crippen LogP contribution is 2.40. The number of nitrogens with one attached hydrogen (secondary N) is 1. The van der Waals surface area contributed by atoms with Gasteiger partial charge in [0.2, 0.25) is 0 Å². The average molecular weight is 519 g/mol. The molecule has 0 amide bonds. The molecule has 192 valence electrons. The zero-order valence-corrected chi connectivity index (χ0v) is 23.0. The summed E-state index contributed by atoms with van der Waals surface area (Å²) in [4.78, 5) is 0.263. The molecule has 5 nitrogen and oxygen atoms in total. The van der Waals surface area contributed by atoms with Crippen molar-refractivity contribution in [1.82, 2.24) is 5.32 Å². The smallest absolute Gasteiger partial charge is 0.264 e. The van der Waals surface area contributed by atoms with Gasteiger partial charge in [-0.05, 0) is 74.1 Å². The van der Waals surface area contributed by atoms with Gasteiger partial charge in [-0.2, -0.15) is 0 Å². The number of benzene rings is 2. The molecular formula is C28H39ClN2O3S. The fraction of sp³-hybridized carbons (Fsp3) is 0.500. The second-order valence-electron chi connectivity index (χ2n) is 9.17. The van der Waals surface area contributed by atoms with Gasteiger partial charge in [0.25, 0.3) is 10.0 Å². The minimum atomic E-state index is -3.70. The molecule has 0 saturated carbocycles. The Morgan fingerprint density at radius 1 is 1.06 bits per heavy atom. The number of anilines is 1. The predicted molar refractivity (Wildman–Crippen MR) is 146 cm³/mol. The predicted octanol–water partition coefficient (Wildman–Crippen LogP) is 7.22. The van der Waals surface area contributed by atoms with Gasteiger partial charge in [-0.25, -0.2) is 8.42 Å². The molecule has 7 heteroatoms. The molecule has 1 aliphatic heterocycles. The lowest BCUT2D eigenvalue weighted by atomic mass is 9.96. The van der Waals surface area contributed by atoms with Crippen molar-refractivity contribution in [2.45, 2.75) is 76.7 Å². The Balaban J connectivity index is 1.65. The van der Waals surface area contributed by atoms with Crippen molar-refractivity contribution in [3.8, 4) is 0 Å². The summed E-state index contributed by atoms with van der Waals surface area (Å²) >= 11 is 6.20. The van der Waals surface area contributed by atoms with Crippen LogP contribution in [0.3, 0.4) is 0 Å². The number of hydrogen-bond acceptors (Lipinski definition) is 4. The zero-order chi connectivity index (χ0) is 25.4. The molecule has 1 atom stereocenters. The standard InChI is InChI=1S/C28H39ClN2O3S/c1-5-19-34-26(21(3)6-2)15-9-7-8-12-18-30-28-23-13-10-11-14-25(23)31(4)35(32,33)27-20-22(29)16-17-24(27)28/h10-11,13-14,16-17,20,28,30H,5-9,12,15,18-19H2,1-4H3/b26-21+. The van der Waals surface area contributed by atoms with Gasteiger partial charge in [0, 0.05) is 18.5 Å². The van der Waals surface area contributed by atoms with E-state index in [9.17, 15) is 8.42 Å². The molecule has 0 radical (unpaired) electrons. The molecule has 3 rings (SSSR count). The van der Waals surface area contributed by atoms with Gasteiger partial charge in [0.05, 0.1) is 29.0 Å². The molecular weight excluding hydrogens is 480 g/mol. The molecule has 0 saturated heterocycles. The molecule has 1 N–H and O–H groups in total. The van der Waals surface area contributed by atoms with Crippen molar-refractivity contribution in [2.75, 3.05) is 24.5 Å². The highest BCUT2D eigenvalue weighted by Gasteiger charge is 2.34. The van der Waals surface area contributed by atoms with Crippen LogP contribution < -0.4 is 9.62 Å². The Kier molecular flexibility index (Phi) is 10.1. The Morgan fingerprint density at radius 3 is 2.54 bits per heavy atom. The molecule has 35 heavy (non-hydrogen) atoms. The Bertz CT molecular complexity index is 1130. The summed E-state index contributed by atoms with van der Waals surface area (Å²) < 4.78 is 34.0. The maximum Gasteiger partial charge on any atom is 0.264 e. The van der Waals surface area contributed by atoms with E-state index in [1.54, 1.807) is 19.2 Å². The SMILES string of the molecule is CCCO/C(CCCCCCNC1c2ccccc2N(C)S(=O)(=O)c2cc(Cl)ccc21)=C(\C)CC. The topological polar surface area (TPSA) is 58.6 Å². The molecule has 0 aliphatic carbocycles. The highest BCUT2D eigenvalue weighted by molar-refractivity contribution is 7.92. The third-order valence-corrected chi connectivity index (χ3v) is 8.74. The Hall–Kier alpha value is -2.02. The third kappa shape index (κ3) is 6.60. The van der Waals surface area contributed by atoms with E-state index in [4.69, 9.17) is 16.3 Å². The van der Waals surface area contributed by atoms with E-state index < -0.39 is 10.0 Å². The van der Waals surface area contributed by atoms with Crippen LogP contribution in [-0.2, 0) is 14.8 Å². The van der Waals surface area contributed by atoms with Crippen molar-refractivity contribution in [3.05, 3.63) is 69.9 Å². The number of ether oxygens (including phenoxy) is 1. The van der Waals surface area contributed by atoms with Crippen LogP contribution in [0.25, 0.3) is 0 Å². The van der Waals surface area contributed by atoms with E-state index in [2.05, 4.69) is 26.1 Å². The first-order valence-electron chi connectivity index (χ1n) is 12.7. The Labute approximate surface area is 216 Å². The normalized spacial score (nSPS) is 17.3. The van der Waals surface area contributed by atoms with Crippen molar-refractivity contribution < 1.29 is 13.2 Å². The second-order valence-corrected chi connectivity index (χ2v) is 11.5. The van der Waals surface area contributed by atoms with E-state index in [0.29, 0.717) is 10.7 Å². The summed E-state index contributed by atoms with van der Waals surface area (Å²) in [5, 5.41) is 4.06. The lowest BCUT2D eigenvalue weighted by molar-refractivity contribution is 0.196. The Morgan fingerprint density at radius 2 is 1.80 bits per heavy atom. The zero-order valence-electron chi connectivity index (χ0n) is 21.4. The quantitative estimate of drug-likeness (QED) is 0.238. The van der Waals surface area contributed by atoms with Crippen LogP contribution in [0, 0.1) is 0 Å². The van der Waals surface area contributed by atoms with Gasteiger partial charge in [-0.1, -0.05) is 62.6 Å². The van der Waals surface area contributed by atoms with Crippen LogP contribution in [0.15, 0.2) is 58.7 Å². The molecule has 1 aliphatic rings. The van der Waals surface area contributed by atoms with E-state index in [0.717, 1.165) is 69.2 Å². The van der Waals surface area contributed by atoms with Gasteiger partial charge in [0.15, 0.2) is 0 Å². The van der Waals surface area contributed by atoms with Gasteiger partial charge < -0.3 is 10.1 Å². The second kappa shape index (κ2) is 12.8. The summed E-state index contributed by atoms with van der Waals surface area (Å²) in [6, 6.07) is 12.6. The fourth-order valence-corrected chi connectivity index (χ4v) is 6.21. The number of allylic oxidation sites excluding steroid dienone is 2. The monoisotopic (exact) mass is 518 g/mol. The molecule has 0 aromatic heterocycles. The lowest BCUT2D eigenvalue weighted by Crippen LogP contribution is -2.26. The summed E-state index contributed by atoms with van der Waals surface area (Å²) in [7, 11) is -2.09. The van der Waals surface area contributed by atoms with Crippen molar-refractivity contribution in [2.24, 2.45) is 0 Å². The van der Waals surface area contributed by atoms with Gasteiger partial charge >= 0.3 is 0 Å². The highest BCUT2D eigenvalue weighted by atomic mass is 35.5. The minimum Gasteiger partial charge on any atom is -0.498 e. The van der Waals surface area contributed by atoms with Crippen LogP contribution in [0.5, 0.6) is 0 Å². The van der Waals surface area contributed by atoms with Crippen molar-refractivity contribution in [1.29, 1.82) is 0 Å². The van der Waals surface area contributed by atoms with E-state index in [1.165, 1.54) is 15.6 Å². The number of nitrogens with zero attached hydrogens (tertiary/aromatic N) is 1. The van der Waals surface area contributed by atoms with E-state index in [-0.39, 0.29) is 10.9 Å². The molecule has 2 aromatic rings. The number of unbranched alkanes of at least 4 members (excludes halogenated alkanes) is 3. The summed E-state index contributed by atoms with van der Waals surface area (Å²) in [5.41, 5.74) is 3.74. The van der Waals surface area contributed by atoms with Gasteiger partial charge in [-0.15, -0.1) is 0 Å². The van der Waals surface area contributed by atoms with E-state index in [1.807, 2.05) is 30.3 Å². The van der Waals surface area contributed by atoms with Gasteiger partial charge in [0.1, 0.15) is 0 Å². The van der Waals surface area contributed by atoms with Crippen LogP contribution in [0.2, 0.25) is 5.02 Å². The van der Waals surface area contributed by atoms with Crippen molar-refractivity contribution in [3.63, 3.8) is 0 Å². The first kappa shape index (κ1) is 27.6. The van der Waals surface area contributed by atoms with E-state index >= 15 is 0 Å². The number of rotatable bonds is 12. The van der Waals surface area contributed by atoms with Crippen LogP contribution in [0.1, 0.15) is 82.9 Å². The lowest BCUT2D eigenvalue weighted by Gasteiger charge is -2.22. The fourth-order valence-electron chi connectivity index (χ4n) is 4.49. The third-order valence-electron chi connectivity index (χ3n) is 6.68. The molecule has 2 aromatic carbocycles. The number of para-hydroxylation sites is 1. The summed E-state index contributed by atoms with van der Waals surface area (Å²) in [6.07, 6.45) is 7.45. The maximum absolute atomic E-state index is 13.3. The number of hydrogen-bond donors (Lipinski definition) is 1. The van der Waals surface area contributed by atoms with Crippen LogP contribution >= 0.6 is 11.6 Å². The first-order chi connectivity index (χ1) is 16.8. The molecule has 1 heterocycles. The average Bonchev–Trinajstić information content (AvgIpc) is 2.92. The molecule has 0 spiro atoms. The molecule has 0 bridgehead atoms. The number of sulfonamides is 1. The summed E-state index contributed by atoms with van der Waals surface area (Å²) in [5.74, 6) is 1.17. The minimum absolute atomic E-state index is 0.220. The summed E-state index contributed by atoms with van der Waals surface area (Å²) in [6.45, 7) is 8.07. The van der Waals surface area contributed by atoms with Crippen molar-refractivity contribution >= 4 is 27.3 Å². The molecule has 0 fully saturated rings.